The van der Waals surface area contributed by atoms with E-state index in [0.717, 1.165) is 44.1 Å². The average Bonchev–Trinajstić information content (AvgIpc) is 2.60. The first-order valence-corrected chi connectivity index (χ1v) is 14.5. The molecule has 3 rings (SSSR count). The SMILES string of the molecule is Cc1ccc(C)[c]([Sn]([F])([c]2cc(C)ccc2C)[c]2cc(C)ccc2C)c1. The first-order chi connectivity index (χ1) is 12.2. The summed E-state index contributed by atoms with van der Waals surface area (Å²) < 4.78 is 20.4. The van der Waals surface area contributed by atoms with E-state index in [1.165, 1.54) is 0 Å². The van der Waals surface area contributed by atoms with Gasteiger partial charge >= 0.3 is 162 Å². The summed E-state index contributed by atoms with van der Waals surface area (Å²) in [5.74, 6) is 0. The van der Waals surface area contributed by atoms with Crippen molar-refractivity contribution in [1.82, 2.24) is 0 Å². The first-order valence-electron chi connectivity index (χ1n) is 9.15. The molecule has 3 aromatic carbocycles. The van der Waals surface area contributed by atoms with E-state index in [0.29, 0.717) is 0 Å². The van der Waals surface area contributed by atoms with Gasteiger partial charge in [0.2, 0.25) is 0 Å². The van der Waals surface area contributed by atoms with Gasteiger partial charge in [-0.15, -0.1) is 0 Å². The summed E-state index contributed by atoms with van der Waals surface area (Å²) in [6.45, 7) is 12.3. The second-order valence-corrected chi connectivity index (χ2v) is 16.0. The molecular formula is C24H27FSn. The van der Waals surface area contributed by atoms with E-state index in [1.54, 1.807) is 0 Å². The minimum absolute atomic E-state index is 0.946. The molecule has 0 aromatic heterocycles. The second kappa shape index (κ2) is 7.19. The summed E-state index contributed by atoms with van der Waals surface area (Å²) in [6, 6.07) is 18.7. The number of aryl methyl sites for hydroxylation is 6. The quantitative estimate of drug-likeness (QED) is 0.514. The molecule has 134 valence electrons. The fraction of sp³-hybridized carbons (Fsp3) is 0.250. The molecule has 0 radical (unpaired) electrons. The number of rotatable bonds is 3. The fourth-order valence-corrected chi connectivity index (χ4v) is 15.3. The molecule has 0 aliphatic carbocycles. The van der Waals surface area contributed by atoms with Crippen LogP contribution in [0.2, 0.25) is 0 Å². The van der Waals surface area contributed by atoms with Gasteiger partial charge < -0.3 is 0 Å². The van der Waals surface area contributed by atoms with E-state index in [-0.39, 0.29) is 0 Å². The van der Waals surface area contributed by atoms with E-state index >= 15 is 2.87 Å². The second-order valence-electron chi connectivity index (χ2n) is 7.61. The maximum atomic E-state index is 17.5. The van der Waals surface area contributed by atoms with Crippen LogP contribution in [-0.2, 0) is 0 Å². The van der Waals surface area contributed by atoms with Crippen LogP contribution in [0.4, 0.5) is 2.87 Å². The molecule has 0 fully saturated rings. The topological polar surface area (TPSA) is 0 Å². The Morgan fingerprint density at radius 1 is 0.500 bits per heavy atom. The van der Waals surface area contributed by atoms with Gasteiger partial charge in [0.15, 0.2) is 0 Å². The third kappa shape index (κ3) is 3.34. The predicted octanol–water partition coefficient (Wildman–Crippen LogP) is 4.47. The number of hydrogen-bond donors (Lipinski definition) is 0. The number of halogens is 1. The van der Waals surface area contributed by atoms with E-state index in [9.17, 15) is 0 Å². The van der Waals surface area contributed by atoms with Crippen LogP contribution in [0.5, 0.6) is 0 Å². The molecule has 0 saturated carbocycles. The zero-order chi connectivity index (χ0) is 19.1. The van der Waals surface area contributed by atoms with Crippen LogP contribution in [0.1, 0.15) is 33.4 Å². The summed E-state index contributed by atoms with van der Waals surface area (Å²) >= 11 is -4.59. The predicted molar refractivity (Wildman–Crippen MR) is 114 cm³/mol. The van der Waals surface area contributed by atoms with Crippen LogP contribution in [0, 0.1) is 41.5 Å². The van der Waals surface area contributed by atoms with Crippen molar-refractivity contribution in [1.29, 1.82) is 0 Å². The first kappa shape index (κ1) is 19.2. The average molecular weight is 453 g/mol. The van der Waals surface area contributed by atoms with Gasteiger partial charge in [-0.25, -0.2) is 0 Å². The zero-order valence-corrected chi connectivity index (χ0v) is 19.4. The molecule has 0 aliphatic rings. The molecule has 0 aliphatic heterocycles. The van der Waals surface area contributed by atoms with Gasteiger partial charge in [-0.3, -0.25) is 0 Å². The van der Waals surface area contributed by atoms with Gasteiger partial charge in [0.05, 0.1) is 0 Å². The van der Waals surface area contributed by atoms with Crippen molar-refractivity contribution in [2.45, 2.75) is 41.5 Å². The molecule has 0 saturated heterocycles. The Morgan fingerprint density at radius 3 is 1.04 bits per heavy atom. The summed E-state index contributed by atoms with van der Waals surface area (Å²) in [5, 5.41) is 0. The summed E-state index contributed by atoms with van der Waals surface area (Å²) in [5.41, 5.74) is 6.57. The Bertz CT molecular complexity index is 847. The minimum atomic E-state index is -4.59. The molecule has 0 N–H and O–H groups in total. The van der Waals surface area contributed by atoms with Crippen LogP contribution < -0.4 is 10.7 Å². The van der Waals surface area contributed by atoms with E-state index in [4.69, 9.17) is 0 Å². The van der Waals surface area contributed by atoms with E-state index < -0.39 is 18.9 Å². The monoisotopic (exact) mass is 454 g/mol. The van der Waals surface area contributed by atoms with Crippen LogP contribution in [0.3, 0.4) is 0 Å². The Balaban J connectivity index is 2.45. The third-order valence-electron chi connectivity index (χ3n) is 5.29. The molecule has 0 atom stereocenters. The molecule has 0 amide bonds. The van der Waals surface area contributed by atoms with Crippen molar-refractivity contribution in [2.24, 2.45) is 0 Å². The zero-order valence-electron chi connectivity index (χ0n) is 16.6. The molecule has 0 nitrogen and oxygen atoms in total. The van der Waals surface area contributed by atoms with Crippen molar-refractivity contribution in [3.8, 4) is 0 Å². The van der Waals surface area contributed by atoms with Crippen molar-refractivity contribution in [2.75, 3.05) is 0 Å². The Kier molecular flexibility index (Phi) is 5.30. The van der Waals surface area contributed by atoms with E-state index in [1.807, 2.05) is 0 Å². The Hall–Kier alpha value is -1.61. The Labute approximate surface area is 161 Å². The van der Waals surface area contributed by atoms with Crippen LogP contribution in [0.15, 0.2) is 54.6 Å². The molecule has 3 aromatic rings. The maximum absolute atomic E-state index is 17.5. The summed E-state index contributed by atoms with van der Waals surface area (Å²) in [6.07, 6.45) is 0. The van der Waals surface area contributed by atoms with Crippen LogP contribution in [-0.4, -0.2) is 18.9 Å². The van der Waals surface area contributed by atoms with Gasteiger partial charge in [0.1, 0.15) is 0 Å². The summed E-state index contributed by atoms with van der Waals surface area (Å²) in [4.78, 5) is 0. The van der Waals surface area contributed by atoms with Gasteiger partial charge in [0, 0.05) is 0 Å². The van der Waals surface area contributed by atoms with Crippen LogP contribution in [0.25, 0.3) is 0 Å². The molecule has 0 spiro atoms. The van der Waals surface area contributed by atoms with Gasteiger partial charge in [-0.2, -0.15) is 0 Å². The standard InChI is InChI=1S/3C8H9.FH.Sn/c3*1-7-3-5-8(2)6-4-7;;/h3*3-5H,1-2H3;1H;/q;;;;+1/p-1. The molecular weight excluding hydrogens is 426 g/mol. The van der Waals surface area contributed by atoms with Crippen LogP contribution >= 0.6 is 0 Å². The van der Waals surface area contributed by atoms with Gasteiger partial charge in [-0.1, -0.05) is 0 Å². The number of hydrogen-bond acceptors (Lipinski definition) is 0. The normalized spacial score (nSPS) is 11.7. The molecule has 0 heterocycles. The van der Waals surface area contributed by atoms with Crippen molar-refractivity contribution in [3.05, 3.63) is 88.0 Å². The van der Waals surface area contributed by atoms with Crippen molar-refractivity contribution >= 4 is 29.7 Å². The molecule has 2 heteroatoms. The Morgan fingerprint density at radius 2 is 0.769 bits per heavy atom. The van der Waals surface area contributed by atoms with Gasteiger partial charge in [0.25, 0.3) is 0 Å². The fourth-order valence-electron chi connectivity index (χ4n) is 3.76. The third-order valence-corrected chi connectivity index (χ3v) is 16.3. The molecule has 0 bridgehead atoms. The van der Waals surface area contributed by atoms with Crippen molar-refractivity contribution < 1.29 is 2.87 Å². The van der Waals surface area contributed by atoms with Crippen molar-refractivity contribution in [3.63, 3.8) is 0 Å². The summed E-state index contributed by atoms with van der Waals surface area (Å²) in [7, 11) is 0. The number of benzene rings is 3. The molecule has 26 heavy (non-hydrogen) atoms. The van der Waals surface area contributed by atoms with Gasteiger partial charge in [-0.05, 0) is 0 Å². The molecule has 0 unspecified atom stereocenters. The van der Waals surface area contributed by atoms with E-state index in [2.05, 4.69) is 96.1 Å².